The fourth-order valence-electron chi connectivity index (χ4n) is 2.23. The number of hydrogen-bond acceptors (Lipinski definition) is 2. The molecule has 1 atom stereocenters. The normalized spacial score (nSPS) is 12.6. The van der Waals surface area contributed by atoms with Crippen LogP contribution in [0.15, 0.2) is 24.3 Å². The number of hydrogen-bond donors (Lipinski definition) is 1. The maximum Gasteiger partial charge on any atom is 0.103 e. The Morgan fingerprint density at radius 2 is 1.74 bits per heavy atom. The van der Waals surface area contributed by atoms with E-state index in [1.54, 1.807) is 0 Å². The number of unbranched alkanes of at least 4 members (excludes halogenated alkanes) is 5. The third-order valence-corrected chi connectivity index (χ3v) is 3.47. The molecular weight excluding hydrogens is 236 g/mol. The summed E-state index contributed by atoms with van der Waals surface area (Å²) in [6.07, 6.45) is 7.11. The Balaban J connectivity index is 2.08. The average molecular weight is 264 g/mol. The Morgan fingerprint density at radius 1 is 1.05 bits per heavy atom. The second-order valence-electron chi connectivity index (χ2n) is 5.22. The quantitative estimate of drug-likeness (QED) is 0.634. The van der Waals surface area contributed by atoms with E-state index in [-0.39, 0.29) is 0 Å². The van der Waals surface area contributed by atoms with Crippen LogP contribution in [0.25, 0.3) is 0 Å². The molecule has 1 aromatic rings. The molecule has 0 saturated carbocycles. The van der Waals surface area contributed by atoms with Crippen LogP contribution in [0.3, 0.4) is 0 Å². The van der Waals surface area contributed by atoms with E-state index in [4.69, 9.17) is 4.74 Å². The van der Waals surface area contributed by atoms with Crippen LogP contribution in [-0.4, -0.2) is 18.3 Å². The third-order valence-electron chi connectivity index (χ3n) is 3.47. The molecular formula is C17H28O2. The summed E-state index contributed by atoms with van der Waals surface area (Å²) in [4.78, 5) is 0. The lowest BCUT2D eigenvalue weighted by Gasteiger charge is -2.13. The van der Waals surface area contributed by atoms with Crippen molar-refractivity contribution in [3.8, 4) is 0 Å². The molecule has 108 valence electrons. The molecule has 0 aliphatic carbocycles. The van der Waals surface area contributed by atoms with E-state index in [2.05, 4.69) is 6.92 Å². The first kappa shape index (κ1) is 16.2. The van der Waals surface area contributed by atoms with E-state index >= 15 is 0 Å². The van der Waals surface area contributed by atoms with Gasteiger partial charge in [0.15, 0.2) is 0 Å². The molecule has 0 radical (unpaired) electrons. The lowest BCUT2D eigenvalue weighted by molar-refractivity contribution is 0.0341. The number of ether oxygens (including phenoxy) is 1. The van der Waals surface area contributed by atoms with Gasteiger partial charge in [0.05, 0.1) is 6.61 Å². The second kappa shape index (κ2) is 9.99. The summed E-state index contributed by atoms with van der Waals surface area (Å²) in [5.74, 6) is 0. The molecule has 19 heavy (non-hydrogen) atoms. The van der Waals surface area contributed by atoms with Crippen molar-refractivity contribution in [1.29, 1.82) is 0 Å². The second-order valence-corrected chi connectivity index (χ2v) is 5.22. The van der Waals surface area contributed by atoms with Crippen molar-refractivity contribution in [3.63, 3.8) is 0 Å². The van der Waals surface area contributed by atoms with Gasteiger partial charge in [-0.05, 0) is 24.5 Å². The van der Waals surface area contributed by atoms with Crippen LogP contribution < -0.4 is 0 Å². The number of aliphatic hydroxyl groups excluding tert-OH is 1. The van der Waals surface area contributed by atoms with Crippen molar-refractivity contribution >= 4 is 0 Å². The summed E-state index contributed by atoms with van der Waals surface area (Å²) >= 11 is 0. The Labute approximate surface area is 117 Å². The predicted molar refractivity (Wildman–Crippen MR) is 80.3 cm³/mol. The largest absolute Gasteiger partial charge is 0.386 e. The Morgan fingerprint density at radius 3 is 2.47 bits per heavy atom. The molecule has 0 aliphatic heterocycles. The summed E-state index contributed by atoms with van der Waals surface area (Å²) in [5.41, 5.74) is 2.10. The molecule has 0 saturated heterocycles. The van der Waals surface area contributed by atoms with Crippen LogP contribution in [-0.2, 0) is 4.74 Å². The van der Waals surface area contributed by atoms with Crippen molar-refractivity contribution in [2.75, 3.05) is 13.2 Å². The number of rotatable bonds is 10. The average Bonchev–Trinajstić information content (AvgIpc) is 2.42. The van der Waals surface area contributed by atoms with Gasteiger partial charge in [-0.3, -0.25) is 0 Å². The molecule has 2 heteroatoms. The number of aryl methyl sites for hydroxylation is 1. The monoisotopic (exact) mass is 264 g/mol. The molecule has 1 N–H and O–H groups in total. The molecule has 0 spiro atoms. The highest BCUT2D eigenvalue weighted by molar-refractivity contribution is 5.27. The molecule has 0 bridgehead atoms. The first-order chi connectivity index (χ1) is 9.25. The lowest BCUT2D eigenvalue weighted by Crippen LogP contribution is -2.09. The number of aliphatic hydroxyl groups is 1. The van der Waals surface area contributed by atoms with Gasteiger partial charge < -0.3 is 9.84 Å². The van der Waals surface area contributed by atoms with E-state index in [0.717, 1.165) is 24.2 Å². The molecule has 1 rings (SSSR count). The molecule has 0 amide bonds. The summed E-state index contributed by atoms with van der Waals surface area (Å²) in [6, 6.07) is 7.93. The zero-order valence-electron chi connectivity index (χ0n) is 12.4. The van der Waals surface area contributed by atoms with Crippen molar-refractivity contribution in [3.05, 3.63) is 35.4 Å². The highest BCUT2D eigenvalue weighted by Crippen LogP contribution is 2.17. The zero-order chi connectivity index (χ0) is 13.9. The van der Waals surface area contributed by atoms with Crippen molar-refractivity contribution in [1.82, 2.24) is 0 Å². The highest BCUT2D eigenvalue weighted by atomic mass is 16.5. The fourth-order valence-corrected chi connectivity index (χ4v) is 2.23. The summed E-state index contributed by atoms with van der Waals surface area (Å²) in [7, 11) is 0. The van der Waals surface area contributed by atoms with Gasteiger partial charge >= 0.3 is 0 Å². The summed E-state index contributed by atoms with van der Waals surface area (Å²) in [6.45, 7) is 5.41. The minimum Gasteiger partial charge on any atom is -0.386 e. The van der Waals surface area contributed by atoms with Crippen molar-refractivity contribution in [2.45, 2.75) is 58.5 Å². The Kier molecular flexibility index (Phi) is 8.52. The SMILES string of the molecule is CCCCCCCCOCC(O)c1ccccc1C. The van der Waals surface area contributed by atoms with E-state index < -0.39 is 6.10 Å². The number of benzene rings is 1. The first-order valence-electron chi connectivity index (χ1n) is 7.57. The van der Waals surface area contributed by atoms with Crippen LogP contribution in [0, 0.1) is 6.92 Å². The van der Waals surface area contributed by atoms with E-state index in [0.29, 0.717) is 6.61 Å². The maximum absolute atomic E-state index is 10.0. The van der Waals surface area contributed by atoms with Gasteiger partial charge in [-0.2, -0.15) is 0 Å². The van der Waals surface area contributed by atoms with Gasteiger partial charge in [-0.15, -0.1) is 0 Å². The van der Waals surface area contributed by atoms with Gasteiger partial charge in [0, 0.05) is 6.61 Å². The summed E-state index contributed by atoms with van der Waals surface area (Å²) < 4.78 is 5.56. The lowest BCUT2D eigenvalue weighted by atomic mass is 10.0. The molecule has 0 heterocycles. The van der Waals surface area contributed by atoms with Crippen LogP contribution in [0.4, 0.5) is 0 Å². The highest BCUT2D eigenvalue weighted by Gasteiger charge is 2.09. The molecule has 0 aromatic heterocycles. The van der Waals surface area contributed by atoms with Crippen LogP contribution in [0.2, 0.25) is 0 Å². The van der Waals surface area contributed by atoms with Crippen LogP contribution in [0.5, 0.6) is 0 Å². The zero-order valence-corrected chi connectivity index (χ0v) is 12.4. The fraction of sp³-hybridized carbons (Fsp3) is 0.647. The van der Waals surface area contributed by atoms with Gasteiger partial charge in [0.25, 0.3) is 0 Å². The summed E-state index contributed by atoms with van der Waals surface area (Å²) in [5, 5.41) is 10.0. The van der Waals surface area contributed by atoms with Crippen molar-refractivity contribution < 1.29 is 9.84 Å². The van der Waals surface area contributed by atoms with E-state index in [1.165, 1.54) is 32.1 Å². The van der Waals surface area contributed by atoms with Crippen LogP contribution in [0.1, 0.15) is 62.7 Å². The molecule has 2 nitrogen and oxygen atoms in total. The van der Waals surface area contributed by atoms with Crippen molar-refractivity contribution in [2.24, 2.45) is 0 Å². The van der Waals surface area contributed by atoms with E-state index in [1.807, 2.05) is 31.2 Å². The first-order valence-corrected chi connectivity index (χ1v) is 7.57. The molecule has 1 unspecified atom stereocenters. The van der Waals surface area contributed by atoms with Gasteiger partial charge in [0.2, 0.25) is 0 Å². The van der Waals surface area contributed by atoms with Gasteiger partial charge in [-0.25, -0.2) is 0 Å². The van der Waals surface area contributed by atoms with Crippen LogP contribution >= 0.6 is 0 Å². The minimum atomic E-state index is -0.499. The van der Waals surface area contributed by atoms with Gasteiger partial charge in [0.1, 0.15) is 6.10 Å². The third kappa shape index (κ3) is 6.74. The standard InChI is InChI=1S/C17H28O2/c1-3-4-5-6-7-10-13-19-14-17(18)16-12-9-8-11-15(16)2/h8-9,11-12,17-18H,3-7,10,13-14H2,1-2H3. The molecule has 0 aliphatic rings. The minimum absolute atomic E-state index is 0.403. The van der Waals surface area contributed by atoms with Gasteiger partial charge in [-0.1, -0.05) is 63.3 Å². The molecule has 1 aromatic carbocycles. The van der Waals surface area contributed by atoms with E-state index in [9.17, 15) is 5.11 Å². The molecule has 0 fully saturated rings. The maximum atomic E-state index is 10.0. The smallest absolute Gasteiger partial charge is 0.103 e. The Bertz CT molecular complexity index is 336. The predicted octanol–water partition coefficient (Wildman–Crippen LogP) is 4.41. The topological polar surface area (TPSA) is 29.5 Å². The Hall–Kier alpha value is -0.860.